The molecule has 0 saturated carbocycles. The minimum atomic E-state index is -0.715. The maximum absolute atomic E-state index is 12.3. The van der Waals surface area contributed by atoms with Crippen LogP contribution in [0.1, 0.15) is 17.5 Å². The number of ether oxygens (including phenoxy) is 1. The van der Waals surface area contributed by atoms with Crippen LogP contribution < -0.4 is 10.2 Å². The molecule has 1 heterocycles. The number of nitro benzene ring substituents is 1. The van der Waals surface area contributed by atoms with Crippen LogP contribution in [0.2, 0.25) is 0 Å². The minimum Gasteiger partial charge on any atom is -0.455 e. The predicted octanol–water partition coefficient (Wildman–Crippen LogP) is 3.51. The lowest BCUT2D eigenvalue weighted by Gasteiger charge is -2.16. The fourth-order valence-electron chi connectivity index (χ4n) is 3.34. The van der Waals surface area contributed by atoms with E-state index in [0.717, 1.165) is 15.6 Å². The predicted molar refractivity (Wildman–Crippen MR) is 117 cm³/mol. The molecule has 1 aliphatic heterocycles. The molecule has 0 aliphatic carbocycles. The van der Waals surface area contributed by atoms with Crippen molar-refractivity contribution in [2.75, 3.05) is 23.4 Å². The van der Waals surface area contributed by atoms with Crippen molar-refractivity contribution in [1.29, 1.82) is 0 Å². The molecule has 162 valence electrons. The van der Waals surface area contributed by atoms with Crippen molar-refractivity contribution in [3.05, 3.63) is 62.1 Å². The lowest BCUT2D eigenvalue weighted by Crippen LogP contribution is -2.28. The summed E-state index contributed by atoms with van der Waals surface area (Å²) in [6, 6.07) is 9.11. The van der Waals surface area contributed by atoms with Gasteiger partial charge in [-0.05, 0) is 49.2 Å². The SMILES string of the molecule is Cc1cc(NC(=O)COC(=O)[C@H]2CC(=O)N(c3ccc([N+](=O)[O-])cc3)C2)cc(C)c1Br. The molecule has 31 heavy (non-hydrogen) atoms. The lowest BCUT2D eigenvalue weighted by molar-refractivity contribution is -0.384. The second kappa shape index (κ2) is 9.25. The first-order valence-corrected chi connectivity index (χ1v) is 10.2. The molecule has 1 atom stereocenters. The van der Waals surface area contributed by atoms with E-state index < -0.39 is 29.3 Å². The minimum absolute atomic E-state index is 0.0530. The van der Waals surface area contributed by atoms with Crippen LogP contribution in [0.25, 0.3) is 0 Å². The highest BCUT2D eigenvalue weighted by atomic mass is 79.9. The van der Waals surface area contributed by atoms with Crippen molar-refractivity contribution < 1.29 is 24.0 Å². The van der Waals surface area contributed by atoms with E-state index in [1.165, 1.54) is 29.2 Å². The zero-order chi connectivity index (χ0) is 22.7. The Labute approximate surface area is 186 Å². The van der Waals surface area contributed by atoms with Gasteiger partial charge in [-0.3, -0.25) is 24.5 Å². The molecule has 2 aromatic carbocycles. The van der Waals surface area contributed by atoms with E-state index in [-0.39, 0.29) is 24.6 Å². The van der Waals surface area contributed by atoms with Crippen LogP contribution in [0, 0.1) is 29.9 Å². The maximum Gasteiger partial charge on any atom is 0.311 e. The topological polar surface area (TPSA) is 119 Å². The summed E-state index contributed by atoms with van der Waals surface area (Å²) in [5.41, 5.74) is 2.89. The molecule has 0 radical (unpaired) electrons. The molecule has 1 fully saturated rings. The molecule has 2 aromatic rings. The van der Waals surface area contributed by atoms with Crippen molar-refractivity contribution in [3.63, 3.8) is 0 Å². The van der Waals surface area contributed by atoms with Gasteiger partial charge in [0.15, 0.2) is 6.61 Å². The van der Waals surface area contributed by atoms with E-state index in [9.17, 15) is 24.5 Å². The average molecular weight is 490 g/mol. The Morgan fingerprint density at radius 3 is 2.42 bits per heavy atom. The number of nitrogens with one attached hydrogen (secondary N) is 1. The summed E-state index contributed by atoms with van der Waals surface area (Å²) >= 11 is 3.46. The third kappa shape index (κ3) is 5.26. The lowest BCUT2D eigenvalue weighted by atomic mass is 10.1. The molecule has 0 aromatic heterocycles. The van der Waals surface area contributed by atoms with Crippen LogP contribution in [0.4, 0.5) is 17.1 Å². The Hall–Kier alpha value is -3.27. The van der Waals surface area contributed by atoms with Gasteiger partial charge in [-0.15, -0.1) is 0 Å². The molecular weight excluding hydrogens is 470 g/mol. The van der Waals surface area contributed by atoms with Crippen LogP contribution in [-0.4, -0.2) is 35.9 Å². The first kappa shape index (κ1) is 22.4. The van der Waals surface area contributed by atoms with Gasteiger partial charge in [-0.1, -0.05) is 15.9 Å². The number of halogens is 1. The molecule has 0 spiro atoms. The number of nitro groups is 1. The van der Waals surface area contributed by atoms with E-state index in [2.05, 4.69) is 21.2 Å². The Morgan fingerprint density at radius 2 is 1.84 bits per heavy atom. The van der Waals surface area contributed by atoms with Crippen molar-refractivity contribution in [2.24, 2.45) is 5.92 Å². The Bertz CT molecular complexity index is 1030. The van der Waals surface area contributed by atoms with Crippen molar-refractivity contribution in [1.82, 2.24) is 0 Å². The number of carbonyl (C=O) groups excluding carboxylic acids is 3. The van der Waals surface area contributed by atoms with Gasteiger partial charge in [0.25, 0.3) is 11.6 Å². The summed E-state index contributed by atoms with van der Waals surface area (Å²) in [5, 5.41) is 13.4. The van der Waals surface area contributed by atoms with Crippen LogP contribution in [0.5, 0.6) is 0 Å². The third-order valence-corrected chi connectivity index (χ3v) is 6.15. The average Bonchev–Trinajstić information content (AvgIpc) is 3.12. The highest BCUT2D eigenvalue weighted by Gasteiger charge is 2.36. The number of esters is 1. The molecule has 3 rings (SSSR count). The number of carbonyl (C=O) groups is 3. The van der Waals surface area contributed by atoms with E-state index in [0.29, 0.717) is 11.4 Å². The molecule has 0 unspecified atom stereocenters. The van der Waals surface area contributed by atoms with E-state index in [1.54, 1.807) is 12.1 Å². The fraction of sp³-hybridized carbons (Fsp3) is 0.286. The molecule has 9 nitrogen and oxygen atoms in total. The van der Waals surface area contributed by atoms with Gasteiger partial charge in [0.1, 0.15) is 0 Å². The quantitative estimate of drug-likeness (QED) is 0.376. The van der Waals surface area contributed by atoms with Crippen LogP contribution in [0.3, 0.4) is 0 Å². The van der Waals surface area contributed by atoms with Crippen molar-refractivity contribution in [2.45, 2.75) is 20.3 Å². The smallest absolute Gasteiger partial charge is 0.311 e. The zero-order valence-electron chi connectivity index (χ0n) is 16.9. The van der Waals surface area contributed by atoms with Gasteiger partial charge in [-0.2, -0.15) is 0 Å². The summed E-state index contributed by atoms with van der Waals surface area (Å²) < 4.78 is 6.06. The first-order chi connectivity index (χ1) is 14.7. The fourth-order valence-corrected chi connectivity index (χ4v) is 3.57. The molecule has 1 aliphatic rings. The number of aryl methyl sites for hydroxylation is 2. The van der Waals surface area contributed by atoms with E-state index in [4.69, 9.17) is 4.74 Å². The molecule has 2 amide bonds. The highest BCUT2D eigenvalue weighted by molar-refractivity contribution is 9.10. The van der Waals surface area contributed by atoms with Gasteiger partial charge >= 0.3 is 5.97 Å². The standard InChI is InChI=1S/C21H20BrN3O6/c1-12-7-15(8-13(2)20(12)22)23-18(26)11-31-21(28)14-9-19(27)24(10-14)16-3-5-17(6-4-16)25(29)30/h3-8,14H,9-11H2,1-2H3,(H,23,26)/t14-/m0/s1. The zero-order valence-corrected chi connectivity index (χ0v) is 18.5. The highest BCUT2D eigenvalue weighted by Crippen LogP contribution is 2.28. The van der Waals surface area contributed by atoms with E-state index >= 15 is 0 Å². The second-order valence-electron chi connectivity index (χ2n) is 7.26. The monoisotopic (exact) mass is 489 g/mol. The summed E-state index contributed by atoms with van der Waals surface area (Å²) in [7, 11) is 0. The van der Waals surface area contributed by atoms with Gasteiger partial charge in [0, 0.05) is 40.9 Å². The summed E-state index contributed by atoms with van der Waals surface area (Å²) in [5.74, 6) is -2.13. The Morgan fingerprint density at radius 1 is 1.23 bits per heavy atom. The molecular formula is C21H20BrN3O6. The summed E-state index contributed by atoms with van der Waals surface area (Å²) in [6.07, 6.45) is -0.0530. The largest absolute Gasteiger partial charge is 0.455 e. The summed E-state index contributed by atoms with van der Waals surface area (Å²) in [6.45, 7) is 3.43. The molecule has 10 heteroatoms. The number of rotatable bonds is 6. The molecule has 1 N–H and O–H groups in total. The van der Waals surface area contributed by atoms with Crippen molar-refractivity contribution in [3.8, 4) is 0 Å². The van der Waals surface area contributed by atoms with Crippen molar-refractivity contribution >= 4 is 50.8 Å². The molecule has 0 bridgehead atoms. The number of amides is 2. The van der Waals surface area contributed by atoms with Gasteiger partial charge in [0.05, 0.1) is 10.8 Å². The molecule has 1 saturated heterocycles. The van der Waals surface area contributed by atoms with Crippen LogP contribution in [-0.2, 0) is 19.1 Å². The van der Waals surface area contributed by atoms with Crippen LogP contribution in [0.15, 0.2) is 40.9 Å². The van der Waals surface area contributed by atoms with Gasteiger partial charge < -0.3 is 15.0 Å². The second-order valence-corrected chi connectivity index (χ2v) is 8.05. The third-order valence-electron chi connectivity index (χ3n) is 4.90. The number of benzene rings is 2. The van der Waals surface area contributed by atoms with E-state index in [1.807, 2.05) is 13.8 Å². The van der Waals surface area contributed by atoms with Gasteiger partial charge in [0.2, 0.25) is 5.91 Å². The number of hydrogen-bond acceptors (Lipinski definition) is 6. The first-order valence-electron chi connectivity index (χ1n) is 9.43. The Kier molecular flexibility index (Phi) is 6.69. The van der Waals surface area contributed by atoms with Gasteiger partial charge in [-0.25, -0.2) is 0 Å². The number of non-ortho nitro benzene ring substituents is 1. The number of anilines is 2. The number of nitrogens with zero attached hydrogens (tertiary/aromatic N) is 2. The number of hydrogen-bond donors (Lipinski definition) is 1. The normalized spacial score (nSPS) is 15.6. The summed E-state index contributed by atoms with van der Waals surface area (Å²) in [4.78, 5) is 48.4. The maximum atomic E-state index is 12.3. The van der Waals surface area contributed by atoms with Crippen LogP contribution >= 0.6 is 15.9 Å². The Balaban J connectivity index is 1.54.